The number of benzene rings is 2. The first-order valence-electron chi connectivity index (χ1n) is 14.0. The number of halogens is 5. The lowest BCUT2D eigenvalue weighted by Crippen LogP contribution is -2.62. The molecule has 0 spiro atoms. The van der Waals surface area contributed by atoms with Crippen molar-refractivity contribution in [3.63, 3.8) is 0 Å². The first-order chi connectivity index (χ1) is 21.3. The molecule has 2 aromatic carbocycles. The van der Waals surface area contributed by atoms with Crippen LogP contribution in [0.5, 0.6) is 17.6 Å². The Bertz CT molecular complexity index is 1860. The number of hydrogen-bond acceptors (Lipinski definition) is 8. The number of rotatable bonds is 6. The second-order valence-corrected chi connectivity index (χ2v) is 10.5. The van der Waals surface area contributed by atoms with E-state index < -0.39 is 35.8 Å². The van der Waals surface area contributed by atoms with Gasteiger partial charge in [0.15, 0.2) is 5.82 Å². The van der Waals surface area contributed by atoms with Gasteiger partial charge in [-0.15, -0.1) is 6.42 Å². The highest BCUT2D eigenvalue weighted by Gasteiger charge is 2.48. The standard InChI is InChI=1S/C31H28F5N5O4/c1-6-17-14-40(13-15(4)41(17)29(43)31(34,35)36)27-23-26(38-30(39-27)44-5)24(33)25(37-28(23)45-8-3)20-12-18(42)11-16-9-10-21(32)19(7-2)22(16)20/h2,9-12,15,17,42H,6,8,13-14H2,1,3-5H3. The number of carbonyl (C=O) groups excluding carboxylic acids is 1. The fourth-order valence-electron chi connectivity index (χ4n) is 5.79. The number of fused-ring (bicyclic) bond motifs is 2. The number of pyridine rings is 1. The number of terminal acetylenes is 1. The number of anilines is 1. The number of phenols is 1. The summed E-state index contributed by atoms with van der Waals surface area (Å²) in [6, 6.07) is 3.03. The highest BCUT2D eigenvalue weighted by atomic mass is 19.4. The molecule has 2 atom stereocenters. The predicted octanol–water partition coefficient (Wildman–Crippen LogP) is 5.60. The van der Waals surface area contributed by atoms with Crippen LogP contribution >= 0.6 is 0 Å². The lowest BCUT2D eigenvalue weighted by atomic mass is 9.95. The van der Waals surface area contributed by atoms with Crippen molar-refractivity contribution in [2.75, 3.05) is 31.7 Å². The summed E-state index contributed by atoms with van der Waals surface area (Å²) < 4.78 is 82.9. The van der Waals surface area contributed by atoms with Gasteiger partial charge in [-0.05, 0) is 43.9 Å². The van der Waals surface area contributed by atoms with E-state index in [9.17, 15) is 27.5 Å². The Balaban J connectivity index is 1.77. The molecule has 0 aliphatic carbocycles. The average Bonchev–Trinajstić information content (AvgIpc) is 3.00. The van der Waals surface area contributed by atoms with E-state index in [-0.39, 0.29) is 82.7 Å². The van der Waals surface area contributed by atoms with Crippen LogP contribution in [0.4, 0.5) is 27.8 Å². The SMILES string of the molecule is C#Cc1c(F)ccc2cc(O)cc(-c3nc(OCC)c4c(N5CC(C)N(C(=O)C(F)(F)F)C(CC)C5)nc(OC)nc4c3F)c12. The number of piperazine rings is 1. The van der Waals surface area contributed by atoms with E-state index in [1.54, 1.807) is 18.7 Å². The van der Waals surface area contributed by atoms with Gasteiger partial charge in [-0.1, -0.05) is 18.9 Å². The van der Waals surface area contributed by atoms with Gasteiger partial charge in [-0.3, -0.25) is 4.79 Å². The number of carbonyl (C=O) groups is 1. The molecule has 2 unspecified atom stereocenters. The first kappa shape index (κ1) is 31.5. The molecule has 1 N–H and O–H groups in total. The van der Waals surface area contributed by atoms with Crippen molar-refractivity contribution in [1.29, 1.82) is 0 Å². The number of aromatic nitrogens is 3. The molecule has 1 saturated heterocycles. The number of hydrogen-bond donors (Lipinski definition) is 1. The summed E-state index contributed by atoms with van der Waals surface area (Å²) in [5.41, 5.74) is -0.875. The Kier molecular flexibility index (Phi) is 8.31. The van der Waals surface area contributed by atoms with Crippen molar-refractivity contribution < 1.29 is 41.3 Å². The zero-order valence-corrected chi connectivity index (χ0v) is 24.7. The molecule has 5 rings (SSSR count). The second-order valence-electron chi connectivity index (χ2n) is 10.5. The maximum absolute atomic E-state index is 16.7. The van der Waals surface area contributed by atoms with Gasteiger partial charge < -0.3 is 24.4 Å². The number of aromatic hydroxyl groups is 1. The van der Waals surface area contributed by atoms with E-state index in [0.29, 0.717) is 5.39 Å². The molecule has 1 aliphatic rings. The number of phenolic OH excluding ortho intramolecular Hbond substituents is 1. The van der Waals surface area contributed by atoms with Crippen LogP contribution < -0.4 is 14.4 Å². The summed E-state index contributed by atoms with van der Waals surface area (Å²) in [4.78, 5) is 27.8. The van der Waals surface area contributed by atoms with Crippen molar-refractivity contribution >= 4 is 33.4 Å². The quantitative estimate of drug-likeness (QED) is 0.218. The van der Waals surface area contributed by atoms with Crippen LogP contribution in [0.3, 0.4) is 0 Å². The summed E-state index contributed by atoms with van der Waals surface area (Å²) in [5, 5.41) is 10.9. The van der Waals surface area contributed by atoms with Gasteiger partial charge >= 0.3 is 18.1 Å². The van der Waals surface area contributed by atoms with E-state index in [2.05, 4.69) is 20.9 Å². The van der Waals surface area contributed by atoms with Crippen LogP contribution in [0.15, 0.2) is 24.3 Å². The monoisotopic (exact) mass is 629 g/mol. The molecule has 1 fully saturated rings. The molecule has 2 aromatic heterocycles. The highest BCUT2D eigenvalue weighted by molar-refractivity contribution is 6.04. The largest absolute Gasteiger partial charge is 0.508 e. The van der Waals surface area contributed by atoms with Crippen LogP contribution in [0.25, 0.3) is 32.9 Å². The minimum atomic E-state index is -5.06. The zero-order chi connectivity index (χ0) is 32.8. The topological polar surface area (TPSA) is 101 Å². The lowest BCUT2D eigenvalue weighted by Gasteiger charge is -2.46. The molecule has 3 heterocycles. The molecular formula is C31H28F5N5O4. The third-order valence-corrected chi connectivity index (χ3v) is 7.66. The summed E-state index contributed by atoms with van der Waals surface area (Å²) >= 11 is 0. The van der Waals surface area contributed by atoms with Gasteiger partial charge in [0.1, 0.15) is 34.0 Å². The Morgan fingerprint density at radius 2 is 1.87 bits per heavy atom. The van der Waals surface area contributed by atoms with Crippen molar-refractivity contribution in [2.24, 2.45) is 0 Å². The van der Waals surface area contributed by atoms with E-state index >= 15 is 4.39 Å². The van der Waals surface area contributed by atoms with Crippen LogP contribution in [0.2, 0.25) is 0 Å². The number of ether oxygens (including phenoxy) is 2. The molecular weight excluding hydrogens is 601 g/mol. The van der Waals surface area contributed by atoms with Crippen molar-refractivity contribution in [1.82, 2.24) is 19.9 Å². The van der Waals surface area contributed by atoms with Crippen molar-refractivity contribution in [3.05, 3.63) is 41.5 Å². The number of amides is 1. The molecule has 0 radical (unpaired) electrons. The molecule has 0 bridgehead atoms. The Labute approximate surface area is 254 Å². The van der Waals surface area contributed by atoms with Crippen LogP contribution in [-0.4, -0.2) is 75.9 Å². The average molecular weight is 630 g/mol. The van der Waals surface area contributed by atoms with Crippen LogP contribution in [-0.2, 0) is 4.79 Å². The predicted molar refractivity (Wildman–Crippen MR) is 156 cm³/mol. The van der Waals surface area contributed by atoms with Crippen LogP contribution in [0, 0.1) is 24.0 Å². The van der Waals surface area contributed by atoms with Gasteiger partial charge in [0.25, 0.3) is 0 Å². The Hall–Kier alpha value is -4.93. The summed E-state index contributed by atoms with van der Waals surface area (Å²) in [6.07, 6.45) is 0.747. The smallest absolute Gasteiger partial charge is 0.471 e. The number of alkyl halides is 3. The molecule has 45 heavy (non-hydrogen) atoms. The van der Waals surface area contributed by atoms with E-state index in [1.165, 1.54) is 32.2 Å². The summed E-state index contributed by atoms with van der Waals surface area (Å²) in [7, 11) is 1.26. The fraction of sp³-hybridized carbons (Fsp3) is 0.355. The van der Waals surface area contributed by atoms with E-state index in [0.717, 1.165) is 11.0 Å². The summed E-state index contributed by atoms with van der Waals surface area (Å²) in [6.45, 7) is 4.69. The molecule has 1 aliphatic heterocycles. The first-order valence-corrected chi connectivity index (χ1v) is 14.0. The number of methoxy groups -OCH3 is 1. The van der Waals surface area contributed by atoms with Crippen LogP contribution in [0.1, 0.15) is 32.8 Å². The van der Waals surface area contributed by atoms with Crippen molar-refractivity contribution in [2.45, 2.75) is 45.5 Å². The Morgan fingerprint density at radius 1 is 1.13 bits per heavy atom. The molecule has 1 amide bonds. The minimum absolute atomic E-state index is 0.00404. The molecule has 236 valence electrons. The molecule has 0 saturated carbocycles. The molecule has 4 aromatic rings. The maximum atomic E-state index is 16.7. The van der Waals surface area contributed by atoms with Gasteiger partial charge in [0.05, 0.1) is 19.3 Å². The third-order valence-electron chi connectivity index (χ3n) is 7.66. The zero-order valence-electron chi connectivity index (χ0n) is 24.7. The minimum Gasteiger partial charge on any atom is -0.508 e. The molecule has 9 nitrogen and oxygen atoms in total. The Morgan fingerprint density at radius 3 is 2.49 bits per heavy atom. The second kappa shape index (κ2) is 11.9. The van der Waals surface area contributed by atoms with Gasteiger partial charge in [-0.2, -0.15) is 23.1 Å². The lowest BCUT2D eigenvalue weighted by molar-refractivity contribution is -0.190. The van der Waals surface area contributed by atoms with Gasteiger partial charge in [0.2, 0.25) is 5.88 Å². The third kappa shape index (κ3) is 5.47. The van der Waals surface area contributed by atoms with Gasteiger partial charge in [-0.25, -0.2) is 13.8 Å². The number of nitrogens with zero attached hydrogens (tertiary/aromatic N) is 5. The maximum Gasteiger partial charge on any atom is 0.471 e. The normalized spacial score (nSPS) is 17.1. The fourth-order valence-corrected chi connectivity index (χ4v) is 5.79. The van der Waals surface area contributed by atoms with Gasteiger partial charge in [0, 0.05) is 36.1 Å². The highest BCUT2D eigenvalue weighted by Crippen LogP contribution is 2.42. The van der Waals surface area contributed by atoms with E-state index in [1.807, 2.05) is 0 Å². The van der Waals surface area contributed by atoms with E-state index in [4.69, 9.17) is 15.9 Å². The molecule has 14 heteroatoms. The van der Waals surface area contributed by atoms with Crippen molar-refractivity contribution in [3.8, 4) is 41.2 Å². The summed E-state index contributed by atoms with van der Waals surface area (Å²) in [5.74, 6) is -1.73.